The van der Waals surface area contributed by atoms with Crippen molar-refractivity contribution in [2.75, 3.05) is 12.4 Å². The van der Waals surface area contributed by atoms with Crippen LogP contribution in [0.3, 0.4) is 0 Å². The third kappa shape index (κ3) is 4.34. The maximum atomic E-state index is 8.98. The number of benzene rings is 1. The minimum absolute atomic E-state index is 0.263. The molecule has 0 aliphatic rings. The summed E-state index contributed by atoms with van der Waals surface area (Å²) in [5.74, 6) is 2.26. The number of nitrogens with zero attached hydrogens (tertiary/aromatic N) is 1. The van der Waals surface area contributed by atoms with E-state index in [0.717, 1.165) is 22.2 Å². The molecule has 1 unspecified atom stereocenters. The molecule has 102 valence electrons. The topological polar surface area (TPSA) is 33.1 Å². The molecular formula is C15H19NOS2. The van der Waals surface area contributed by atoms with Gasteiger partial charge in [-0.15, -0.1) is 11.3 Å². The maximum absolute atomic E-state index is 8.98. The van der Waals surface area contributed by atoms with Gasteiger partial charge in [-0.3, -0.25) is 0 Å². The molecular weight excluding hydrogens is 274 g/mol. The minimum Gasteiger partial charge on any atom is -0.396 e. The van der Waals surface area contributed by atoms with Crippen LogP contribution >= 0.6 is 23.1 Å². The molecule has 4 heteroatoms. The second-order valence-electron chi connectivity index (χ2n) is 4.81. The largest absolute Gasteiger partial charge is 0.396 e. The Morgan fingerprint density at radius 1 is 1.32 bits per heavy atom. The molecule has 0 bridgehead atoms. The van der Waals surface area contributed by atoms with Crippen molar-refractivity contribution in [1.29, 1.82) is 0 Å². The summed E-state index contributed by atoms with van der Waals surface area (Å²) in [4.78, 5) is 4.67. The predicted octanol–water partition coefficient (Wildman–Crippen LogP) is 3.98. The number of aryl methyl sites for hydroxylation is 1. The second-order valence-corrected chi connectivity index (χ2v) is 6.70. The van der Waals surface area contributed by atoms with Crippen LogP contribution in [0.4, 0.5) is 0 Å². The Kier molecular flexibility index (Phi) is 5.43. The van der Waals surface area contributed by atoms with E-state index in [-0.39, 0.29) is 6.61 Å². The number of thiazole rings is 1. The molecule has 1 aromatic carbocycles. The van der Waals surface area contributed by atoms with Crippen LogP contribution in [-0.2, 0) is 5.75 Å². The highest BCUT2D eigenvalue weighted by Gasteiger charge is 2.06. The van der Waals surface area contributed by atoms with E-state index in [0.29, 0.717) is 5.92 Å². The van der Waals surface area contributed by atoms with Crippen LogP contribution < -0.4 is 0 Å². The average molecular weight is 293 g/mol. The summed E-state index contributed by atoms with van der Waals surface area (Å²) in [6.45, 7) is 4.42. The van der Waals surface area contributed by atoms with Crippen molar-refractivity contribution in [2.24, 2.45) is 5.92 Å². The van der Waals surface area contributed by atoms with E-state index in [1.54, 1.807) is 11.3 Å². The second kappa shape index (κ2) is 7.08. The van der Waals surface area contributed by atoms with Crippen molar-refractivity contribution in [3.8, 4) is 10.6 Å². The summed E-state index contributed by atoms with van der Waals surface area (Å²) in [7, 11) is 0. The molecule has 0 saturated carbocycles. The molecule has 1 N–H and O–H groups in total. The number of hydrogen-bond acceptors (Lipinski definition) is 4. The first-order chi connectivity index (χ1) is 9.19. The molecule has 1 atom stereocenters. The highest BCUT2D eigenvalue weighted by Crippen LogP contribution is 2.26. The Morgan fingerprint density at radius 3 is 2.74 bits per heavy atom. The summed E-state index contributed by atoms with van der Waals surface area (Å²) in [6, 6.07) is 8.49. The molecule has 0 radical (unpaired) electrons. The molecule has 0 spiro atoms. The molecule has 0 amide bonds. The van der Waals surface area contributed by atoms with Gasteiger partial charge in [0.25, 0.3) is 0 Å². The summed E-state index contributed by atoms with van der Waals surface area (Å²) in [5.41, 5.74) is 3.60. The lowest BCUT2D eigenvalue weighted by Gasteiger charge is -2.05. The van der Waals surface area contributed by atoms with Crippen LogP contribution in [0.5, 0.6) is 0 Å². The van der Waals surface area contributed by atoms with E-state index in [9.17, 15) is 0 Å². The Hall–Kier alpha value is -0.840. The number of thioether (sulfide) groups is 1. The van der Waals surface area contributed by atoms with Crippen LogP contribution in [0.15, 0.2) is 29.6 Å². The predicted molar refractivity (Wildman–Crippen MR) is 84.7 cm³/mol. The van der Waals surface area contributed by atoms with Gasteiger partial charge in [0, 0.05) is 23.3 Å². The third-order valence-corrected chi connectivity index (χ3v) is 5.06. The van der Waals surface area contributed by atoms with Gasteiger partial charge in [0.1, 0.15) is 5.01 Å². The van der Waals surface area contributed by atoms with Gasteiger partial charge in [-0.25, -0.2) is 4.98 Å². The molecule has 0 fully saturated rings. The normalized spacial score (nSPS) is 12.6. The third-order valence-electron chi connectivity index (χ3n) is 2.81. The van der Waals surface area contributed by atoms with E-state index < -0.39 is 0 Å². The van der Waals surface area contributed by atoms with Crippen molar-refractivity contribution in [3.05, 3.63) is 40.9 Å². The Labute approximate surface area is 122 Å². The fourth-order valence-corrected chi connectivity index (χ4v) is 3.53. The van der Waals surface area contributed by atoms with E-state index in [2.05, 4.69) is 48.5 Å². The summed E-state index contributed by atoms with van der Waals surface area (Å²) in [6.07, 6.45) is 0. The van der Waals surface area contributed by atoms with Gasteiger partial charge < -0.3 is 5.11 Å². The molecule has 0 aliphatic carbocycles. The van der Waals surface area contributed by atoms with Crippen molar-refractivity contribution < 1.29 is 5.11 Å². The molecule has 2 rings (SSSR count). The lowest BCUT2D eigenvalue weighted by molar-refractivity contribution is 0.250. The molecule has 0 aliphatic heterocycles. The Bertz CT molecular complexity index is 507. The van der Waals surface area contributed by atoms with Gasteiger partial charge in [0.2, 0.25) is 0 Å². The maximum Gasteiger partial charge on any atom is 0.123 e. The fourth-order valence-electron chi connectivity index (χ4n) is 1.62. The van der Waals surface area contributed by atoms with Crippen LogP contribution in [0.2, 0.25) is 0 Å². The van der Waals surface area contributed by atoms with Gasteiger partial charge in [-0.1, -0.05) is 36.8 Å². The number of aliphatic hydroxyl groups is 1. The van der Waals surface area contributed by atoms with Crippen molar-refractivity contribution in [2.45, 2.75) is 19.6 Å². The van der Waals surface area contributed by atoms with Gasteiger partial charge in [0.05, 0.1) is 5.69 Å². The number of aliphatic hydroxyl groups excluding tert-OH is 1. The van der Waals surface area contributed by atoms with E-state index in [4.69, 9.17) is 5.11 Å². The molecule has 2 nitrogen and oxygen atoms in total. The van der Waals surface area contributed by atoms with Gasteiger partial charge in [-0.05, 0) is 18.6 Å². The first kappa shape index (κ1) is 14.6. The van der Waals surface area contributed by atoms with Gasteiger partial charge in [-0.2, -0.15) is 11.8 Å². The smallest absolute Gasteiger partial charge is 0.123 e. The van der Waals surface area contributed by atoms with Crippen molar-refractivity contribution in [1.82, 2.24) is 4.98 Å². The number of aromatic nitrogens is 1. The zero-order chi connectivity index (χ0) is 13.7. The molecule has 1 aromatic heterocycles. The molecule has 19 heavy (non-hydrogen) atoms. The molecule has 2 aromatic rings. The SMILES string of the molecule is Cc1ccc(-c2nc(CSCC(C)CO)cs2)cc1. The summed E-state index contributed by atoms with van der Waals surface area (Å²) < 4.78 is 0. The fraction of sp³-hybridized carbons (Fsp3) is 0.400. The monoisotopic (exact) mass is 293 g/mol. The minimum atomic E-state index is 0.263. The molecule has 1 heterocycles. The average Bonchev–Trinajstić information content (AvgIpc) is 2.88. The standard InChI is InChI=1S/C15H19NOS2/c1-11-3-5-13(6-4-11)15-16-14(10-19-15)9-18-8-12(2)7-17/h3-6,10,12,17H,7-9H2,1-2H3. The first-order valence-corrected chi connectivity index (χ1v) is 8.42. The summed E-state index contributed by atoms with van der Waals surface area (Å²) >= 11 is 3.53. The number of rotatable bonds is 6. The van der Waals surface area contributed by atoms with Crippen molar-refractivity contribution in [3.63, 3.8) is 0 Å². The zero-order valence-corrected chi connectivity index (χ0v) is 12.9. The van der Waals surface area contributed by atoms with Crippen LogP contribution in [-0.4, -0.2) is 22.5 Å². The van der Waals surface area contributed by atoms with Crippen LogP contribution in [0.1, 0.15) is 18.2 Å². The van der Waals surface area contributed by atoms with Gasteiger partial charge >= 0.3 is 0 Å². The van der Waals surface area contributed by atoms with E-state index >= 15 is 0 Å². The van der Waals surface area contributed by atoms with Crippen LogP contribution in [0.25, 0.3) is 10.6 Å². The van der Waals surface area contributed by atoms with Crippen LogP contribution in [0, 0.1) is 12.8 Å². The lowest BCUT2D eigenvalue weighted by Crippen LogP contribution is -2.03. The summed E-state index contributed by atoms with van der Waals surface area (Å²) in [5, 5.41) is 12.2. The Morgan fingerprint density at radius 2 is 2.05 bits per heavy atom. The van der Waals surface area contributed by atoms with Crippen molar-refractivity contribution >= 4 is 23.1 Å². The van der Waals surface area contributed by atoms with E-state index in [1.165, 1.54) is 11.1 Å². The lowest BCUT2D eigenvalue weighted by atomic mass is 10.2. The number of hydrogen-bond donors (Lipinski definition) is 1. The van der Waals surface area contributed by atoms with E-state index in [1.807, 2.05) is 11.8 Å². The Balaban J connectivity index is 1.93. The molecule has 0 saturated heterocycles. The highest BCUT2D eigenvalue weighted by atomic mass is 32.2. The quantitative estimate of drug-likeness (QED) is 0.874. The highest BCUT2D eigenvalue weighted by molar-refractivity contribution is 7.98. The zero-order valence-electron chi connectivity index (χ0n) is 11.3. The first-order valence-electron chi connectivity index (χ1n) is 6.39. The van der Waals surface area contributed by atoms with Gasteiger partial charge in [0.15, 0.2) is 0 Å².